The quantitative estimate of drug-likeness (QED) is 0.568. The Kier molecular flexibility index (Phi) is 5.36. The summed E-state index contributed by atoms with van der Waals surface area (Å²) < 4.78 is 77.5. The monoisotopic (exact) mass is 419 g/mol. The van der Waals surface area contributed by atoms with E-state index in [4.69, 9.17) is 20.4 Å². The van der Waals surface area contributed by atoms with Crippen molar-refractivity contribution in [2.45, 2.75) is 24.2 Å². The van der Waals surface area contributed by atoms with Gasteiger partial charge in [0.1, 0.15) is 11.5 Å². The number of hydrogen-bond donors (Lipinski definition) is 0. The van der Waals surface area contributed by atoms with Gasteiger partial charge in [-0.2, -0.15) is 17.5 Å². The number of sulfonamides is 1. The molecule has 5 nitrogen and oxygen atoms in total. The van der Waals surface area contributed by atoms with Gasteiger partial charge in [0.05, 0.1) is 36.1 Å². The molecule has 2 aromatic heterocycles. The zero-order valence-electron chi connectivity index (χ0n) is 13.6. The number of halogens is 4. The number of hydrogen-bond acceptors (Lipinski definition) is 4. The Morgan fingerprint density at radius 3 is 1.96 bits per heavy atom. The number of alkyl halides is 3. The van der Waals surface area contributed by atoms with Gasteiger partial charge < -0.3 is 8.83 Å². The van der Waals surface area contributed by atoms with E-state index in [1.165, 1.54) is 24.7 Å². The van der Waals surface area contributed by atoms with Crippen molar-refractivity contribution in [1.29, 1.82) is 0 Å². The van der Waals surface area contributed by atoms with E-state index in [0.29, 0.717) is 6.07 Å². The molecule has 3 aromatic rings. The lowest BCUT2D eigenvalue weighted by molar-refractivity contribution is -0.139. The lowest BCUT2D eigenvalue weighted by atomic mass is 10.2. The Balaban J connectivity index is 2.07. The Morgan fingerprint density at radius 1 is 0.963 bits per heavy atom. The van der Waals surface area contributed by atoms with Crippen molar-refractivity contribution in [2.75, 3.05) is 0 Å². The molecule has 0 spiro atoms. The highest BCUT2D eigenvalue weighted by atomic mass is 35.5. The Hall–Kier alpha value is -2.23. The van der Waals surface area contributed by atoms with E-state index in [1.54, 1.807) is 12.1 Å². The molecule has 0 aliphatic carbocycles. The molecule has 0 bridgehead atoms. The number of nitrogens with zero attached hydrogens (tertiary/aromatic N) is 1. The fourth-order valence-electron chi connectivity index (χ4n) is 2.47. The van der Waals surface area contributed by atoms with Crippen molar-refractivity contribution in [1.82, 2.24) is 4.31 Å². The second-order valence-electron chi connectivity index (χ2n) is 5.57. The molecule has 0 amide bonds. The fourth-order valence-corrected chi connectivity index (χ4v) is 4.20. The maximum Gasteiger partial charge on any atom is 0.417 e. The predicted octanol–water partition coefficient (Wildman–Crippen LogP) is 4.94. The van der Waals surface area contributed by atoms with Crippen molar-refractivity contribution >= 4 is 21.6 Å². The summed E-state index contributed by atoms with van der Waals surface area (Å²) in [6.45, 7) is -0.536. The van der Waals surface area contributed by atoms with Crippen LogP contribution in [0.15, 0.2) is 68.7 Å². The van der Waals surface area contributed by atoms with Gasteiger partial charge in [0, 0.05) is 5.02 Å². The van der Waals surface area contributed by atoms with E-state index >= 15 is 0 Å². The van der Waals surface area contributed by atoms with Crippen LogP contribution in [0.2, 0.25) is 5.02 Å². The lowest BCUT2D eigenvalue weighted by Crippen LogP contribution is -2.31. The third-order valence-electron chi connectivity index (χ3n) is 3.69. The van der Waals surface area contributed by atoms with Gasteiger partial charge in [0.25, 0.3) is 0 Å². The van der Waals surface area contributed by atoms with Crippen LogP contribution >= 0.6 is 11.6 Å². The van der Waals surface area contributed by atoms with Crippen LogP contribution < -0.4 is 0 Å². The number of rotatable bonds is 6. The van der Waals surface area contributed by atoms with Gasteiger partial charge >= 0.3 is 6.18 Å². The largest absolute Gasteiger partial charge is 0.468 e. The first-order chi connectivity index (χ1) is 12.7. The zero-order chi connectivity index (χ0) is 19.7. The minimum Gasteiger partial charge on any atom is -0.468 e. The van der Waals surface area contributed by atoms with Gasteiger partial charge in [-0.3, -0.25) is 0 Å². The average Bonchev–Trinajstić information content (AvgIpc) is 3.27. The minimum atomic E-state index is -4.89. The molecule has 0 atom stereocenters. The van der Waals surface area contributed by atoms with Gasteiger partial charge in [-0.25, -0.2) is 8.42 Å². The van der Waals surface area contributed by atoms with Crippen LogP contribution in [0.25, 0.3) is 0 Å². The summed E-state index contributed by atoms with van der Waals surface area (Å²) in [5.74, 6) is 0.542. The van der Waals surface area contributed by atoms with E-state index in [0.717, 1.165) is 16.4 Å². The maximum atomic E-state index is 13.4. The number of benzene rings is 1. The Morgan fingerprint density at radius 2 is 1.52 bits per heavy atom. The molecule has 0 aliphatic heterocycles. The highest BCUT2D eigenvalue weighted by Gasteiger charge is 2.39. The molecule has 1 aromatic carbocycles. The second kappa shape index (κ2) is 7.41. The van der Waals surface area contributed by atoms with E-state index in [2.05, 4.69) is 0 Å². The molecule has 0 saturated heterocycles. The summed E-state index contributed by atoms with van der Waals surface area (Å²) in [6, 6.07) is 8.69. The van der Waals surface area contributed by atoms with Crippen molar-refractivity contribution in [3.63, 3.8) is 0 Å². The molecule has 0 unspecified atom stereocenters. The summed E-state index contributed by atoms with van der Waals surface area (Å²) in [5, 5.41) is -0.218. The lowest BCUT2D eigenvalue weighted by Gasteiger charge is -2.22. The zero-order valence-corrected chi connectivity index (χ0v) is 15.2. The maximum absolute atomic E-state index is 13.4. The van der Waals surface area contributed by atoms with Gasteiger partial charge in [-0.1, -0.05) is 11.6 Å². The number of furan rings is 2. The van der Waals surface area contributed by atoms with Crippen molar-refractivity contribution < 1.29 is 30.4 Å². The van der Waals surface area contributed by atoms with Crippen LogP contribution in [0.1, 0.15) is 17.1 Å². The van der Waals surface area contributed by atoms with Gasteiger partial charge in [-0.05, 0) is 42.5 Å². The van der Waals surface area contributed by atoms with E-state index < -0.39 is 26.7 Å². The van der Waals surface area contributed by atoms with Crippen LogP contribution in [0.4, 0.5) is 13.2 Å². The molecular weight excluding hydrogens is 407 g/mol. The molecule has 10 heteroatoms. The van der Waals surface area contributed by atoms with Gasteiger partial charge in [-0.15, -0.1) is 0 Å². The molecule has 0 aliphatic rings. The first kappa shape index (κ1) is 19.5. The molecular formula is C17H13ClF3NO4S. The standard InChI is InChI=1S/C17H13ClF3NO4S/c18-12-5-6-16(15(9-12)17(19,20)21)27(23,24)22(10-13-3-1-7-25-13)11-14-4-2-8-26-14/h1-9H,10-11H2. The molecule has 27 heavy (non-hydrogen) atoms. The Bertz CT molecular complexity index is 963. The predicted molar refractivity (Wildman–Crippen MR) is 90.3 cm³/mol. The minimum absolute atomic E-state index is 0.218. The van der Waals surface area contributed by atoms with Crippen LogP contribution in [-0.4, -0.2) is 12.7 Å². The normalized spacial score (nSPS) is 12.6. The molecule has 2 heterocycles. The summed E-state index contributed by atoms with van der Waals surface area (Å²) >= 11 is 5.64. The topological polar surface area (TPSA) is 63.7 Å². The summed E-state index contributed by atoms with van der Waals surface area (Å²) in [7, 11) is -4.55. The molecule has 0 saturated carbocycles. The molecule has 0 radical (unpaired) electrons. The SMILES string of the molecule is O=S(=O)(c1ccc(Cl)cc1C(F)(F)F)N(Cc1ccco1)Cc1ccco1. The second-order valence-corrected chi connectivity index (χ2v) is 7.91. The van der Waals surface area contributed by atoms with Crippen molar-refractivity contribution in [3.05, 3.63) is 77.1 Å². The smallest absolute Gasteiger partial charge is 0.417 e. The average molecular weight is 420 g/mol. The van der Waals surface area contributed by atoms with Crippen LogP contribution in [0, 0.1) is 0 Å². The summed E-state index contributed by atoms with van der Waals surface area (Å²) in [5.41, 5.74) is -1.33. The summed E-state index contributed by atoms with van der Waals surface area (Å²) in [4.78, 5) is -0.891. The van der Waals surface area contributed by atoms with E-state index in [-0.39, 0.29) is 29.6 Å². The third kappa shape index (κ3) is 4.37. The third-order valence-corrected chi connectivity index (χ3v) is 5.77. The van der Waals surface area contributed by atoms with E-state index in [9.17, 15) is 21.6 Å². The van der Waals surface area contributed by atoms with Gasteiger partial charge in [0.15, 0.2) is 0 Å². The van der Waals surface area contributed by atoms with Crippen LogP contribution in [-0.2, 0) is 29.3 Å². The van der Waals surface area contributed by atoms with Crippen LogP contribution in [0.5, 0.6) is 0 Å². The molecule has 144 valence electrons. The fraction of sp³-hybridized carbons (Fsp3) is 0.176. The highest BCUT2D eigenvalue weighted by Crippen LogP contribution is 2.37. The van der Waals surface area contributed by atoms with Crippen LogP contribution in [0.3, 0.4) is 0 Å². The molecule has 0 N–H and O–H groups in total. The van der Waals surface area contributed by atoms with Crippen molar-refractivity contribution in [2.24, 2.45) is 0 Å². The summed E-state index contributed by atoms with van der Waals surface area (Å²) in [6.07, 6.45) is -2.21. The first-order valence-corrected chi connectivity index (χ1v) is 9.41. The molecule has 3 rings (SSSR count). The Labute approximate surface area is 158 Å². The van der Waals surface area contributed by atoms with Crippen molar-refractivity contribution in [3.8, 4) is 0 Å². The van der Waals surface area contributed by atoms with Gasteiger partial charge in [0.2, 0.25) is 10.0 Å². The van der Waals surface area contributed by atoms with E-state index in [1.807, 2.05) is 0 Å². The first-order valence-electron chi connectivity index (χ1n) is 7.59. The molecule has 0 fully saturated rings. The highest BCUT2D eigenvalue weighted by molar-refractivity contribution is 7.89.